The number of hydrogen-bond donors (Lipinski definition) is 1. The van der Waals surface area contributed by atoms with Crippen LogP contribution in [0.1, 0.15) is 56.6 Å². The van der Waals surface area contributed by atoms with Crippen molar-refractivity contribution in [2.75, 3.05) is 38.5 Å². The van der Waals surface area contributed by atoms with Crippen molar-refractivity contribution in [3.8, 4) is 0 Å². The van der Waals surface area contributed by atoms with Gasteiger partial charge in [-0.25, -0.2) is 19.9 Å². The molecule has 1 atom stereocenters. The van der Waals surface area contributed by atoms with Gasteiger partial charge >= 0.3 is 0 Å². The maximum absolute atomic E-state index is 4.61. The third-order valence-corrected chi connectivity index (χ3v) is 8.50. The lowest BCUT2D eigenvalue weighted by Gasteiger charge is -2.53. The summed E-state index contributed by atoms with van der Waals surface area (Å²) in [6, 6.07) is 2.33. The lowest BCUT2D eigenvalue weighted by atomic mass is 9.72. The molecule has 9 heteroatoms. The first-order chi connectivity index (χ1) is 18.7. The number of hydrogen-bond acceptors (Lipinski definition) is 7. The second-order valence-corrected chi connectivity index (χ2v) is 12.1. The van der Waals surface area contributed by atoms with Crippen LogP contribution in [0.4, 0.5) is 11.8 Å². The fourth-order valence-electron chi connectivity index (χ4n) is 6.15. The van der Waals surface area contributed by atoms with E-state index in [1.165, 1.54) is 25.9 Å². The number of pyridine rings is 1. The average Bonchev–Trinajstić information content (AvgIpc) is 3.18. The van der Waals surface area contributed by atoms with Gasteiger partial charge in [0.25, 0.3) is 0 Å². The first-order valence-electron chi connectivity index (χ1n) is 13.8. The molecule has 0 aromatic carbocycles. The van der Waals surface area contributed by atoms with Gasteiger partial charge in [-0.15, -0.1) is 9.24 Å². The van der Waals surface area contributed by atoms with Gasteiger partial charge in [0.2, 0.25) is 5.95 Å². The van der Waals surface area contributed by atoms with E-state index in [9.17, 15) is 0 Å². The Morgan fingerprint density at radius 2 is 1.85 bits per heavy atom. The summed E-state index contributed by atoms with van der Waals surface area (Å²) in [6.45, 7) is 18.3. The van der Waals surface area contributed by atoms with E-state index in [1.54, 1.807) is 0 Å². The molecule has 0 aliphatic carbocycles. The molecule has 0 bridgehead atoms. The van der Waals surface area contributed by atoms with E-state index >= 15 is 0 Å². The van der Waals surface area contributed by atoms with Gasteiger partial charge in [0.05, 0.1) is 10.7 Å². The monoisotopic (exact) mass is 544 g/mol. The Kier molecular flexibility index (Phi) is 7.99. The Morgan fingerprint density at radius 3 is 2.46 bits per heavy atom. The van der Waals surface area contributed by atoms with Crippen molar-refractivity contribution < 1.29 is 0 Å². The number of allylic oxidation sites excluding steroid dienone is 2. The van der Waals surface area contributed by atoms with E-state index in [0.29, 0.717) is 23.2 Å². The summed E-state index contributed by atoms with van der Waals surface area (Å²) < 4.78 is 2.22. The zero-order chi connectivity index (χ0) is 27.7. The van der Waals surface area contributed by atoms with Gasteiger partial charge in [-0.3, -0.25) is 4.90 Å². The van der Waals surface area contributed by atoms with Crippen LogP contribution < -0.4 is 21.3 Å². The van der Waals surface area contributed by atoms with Gasteiger partial charge in [0.15, 0.2) is 0 Å². The Balaban J connectivity index is 1.28. The van der Waals surface area contributed by atoms with Crippen LogP contribution in [0.3, 0.4) is 0 Å². The van der Waals surface area contributed by atoms with Crippen LogP contribution >= 0.6 is 9.24 Å². The normalized spacial score (nSPS) is 18.6. The molecule has 1 spiro atoms. The maximum Gasteiger partial charge on any atom is 0.228 e. The number of nitrogens with one attached hydrogen (secondary N) is 1. The van der Waals surface area contributed by atoms with Crippen LogP contribution in [0.15, 0.2) is 30.7 Å². The molecule has 0 radical (unpaired) electrons. The number of rotatable bonds is 7. The summed E-state index contributed by atoms with van der Waals surface area (Å²) in [5.41, 5.74) is 3.85. The summed E-state index contributed by atoms with van der Waals surface area (Å²) in [5.74, 6) is 2.21. The van der Waals surface area contributed by atoms with Crippen LogP contribution in [0.25, 0.3) is 18.2 Å². The van der Waals surface area contributed by atoms with E-state index in [2.05, 4.69) is 88.5 Å². The number of imidazole rings is 1. The molecule has 2 aliphatic heterocycles. The van der Waals surface area contributed by atoms with Crippen molar-refractivity contribution in [1.29, 1.82) is 0 Å². The standard InChI is InChI=1S/C30H41N8P/c1-7-24(12-26-21(4)34-22(5)38(26)20(2)3)25-13-28(31-16-27(25)39)35-29-32-14-23(15-33-29)17-37-10-8-30(9-11-37)18-36(6)19-30/h7,12-16,20H,4,8-11,17-19,39H2,1-3,5-6H3,(H,31,32,33,35)/b24-7+,26-12+. The molecule has 39 heavy (non-hydrogen) atoms. The van der Waals surface area contributed by atoms with E-state index in [0.717, 1.165) is 58.2 Å². The van der Waals surface area contributed by atoms with E-state index < -0.39 is 0 Å². The minimum absolute atomic E-state index is 0.291. The fraction of sp³-hybridized carbons (Fsp3) is 0.467. The van der Waals surface area contributed by atoms with E-state index in [-0.39, 0.29) is 0 Å². The SMILES string of the molecule is C=c1nc(C)n(C(C)C)/c1=C/C(=C\C)c1cc(Nc2ncc(CN3CCC4(CC3)CN(C)C4)cn2)ncc1P. The number of likely N-dealkylation sites (tertiary alicyclic amines) is 2. The molecule has 0 amide bonds. The highest BCUT2D eigenvalue weighted by Crippen LogP contribution is 2.39. The van der Waals surface area contributed by atoms with Gasteiger partial charge in [0, 0.05) is 49.8 Å². The first-order valence-corrected chi connectivity index (χ1v) is 14.4. The Bertz CT molecular complexity index is 1460. The lowest BCUT2D eigenvalue weighted by Crippen LogP contribution is -2.58. The number of anilines is 2. The van der Waals surface area contributed by atoms with E-state index in [1.807, 2.05) is 38.5 Å². The van der Waals surface area contributed by atoms with Crippen LogP contribution in [0.5, 0.6) is 0 Å². The molecular weight excluding hydrogens is 503 g/mol. The van der Waals surface area contributed by atoms with Crippen molar-refractivity contribution >= 4 is 44.5 Å². The van der Waals surface area contributed by atoms with Gasteiger partial charge in [-0.05, 0) is 94.7 Å². The quantitative estimate of drug-likeness (QED) is 0.459. The smallest absolute Gasteiger partial charge is 0.228 e. The number of aryl methyl sites for hydroxylation is 1. The molecule has 5 heterocycles. The molecule has 3 aromatic heterocycles. The Morgan fingerprint density at radius 1 is 1.15 bits per heavy atom. The molecule has 1 unspecified atom stereocenters. The molecule has 206 valence electrons. The van der Waals surface area contributed by atoms with Gasteiger partial charge in [-0.2, -0.15) is 0 Å². The summed E-state index contributed by atoms with van der Waals surface area (Å²) in [6.07, 6.45) is 12.6. The first kappa shape index (κ1) is 27.6. The zero-order valence-electron chi connectivity index (χ0n) is 23.9. The molecule has 0 saturated carbocycles. The third-order valence-electron chi connectivity index (χ3n) is 8.04. The highest BCUT2D eigenvalue weighted by molar-refractivity contribution is 7.27. The highest BCUT2D eigenvalue weighted by atomic mass is 31.0. The van der Waals surface area contributed by atoms with Crippen LogP contribution in [-0.2, 0) is 6.54 Å². The largest absolute Gasteiger partial charge is 0.326 e. The fourth-order valence-corrected chi connectivity index (χ4v) is 6.47. The summed E-state index contributed by atoms with van der Waals surface area (Å²) in [5, 5.41) is 6.10. The molecule has 5 rings (SSSR count). The van der Waals surface area contributed by atoms with E-state index in [4.69, 9.17) is 0 Å². The van der Waals surface area contributed by atoms with Crippen molar-refractivity contribution in [2.24, 2.45) is 5.41 Å². The van der Waals surface area contributed by atoms with Crippen molar-refractivity contribution in [1.82, 2.24) is 34.3 Å². The molecule has 3 aromatic rings. The molecule has 2 saturated heterocycles. The second kappa shape index (κ2) is 11.3. The highest BCUT2D eigenvalue weighted by Gasteiger charge is 2.42. The third kappa shape index (κ3) is 5.98. The summed E-state index contributed by atoms with van der Waals surface area (Å²) in [7, 11) is 5.01. The Hall–Kier alpha value is -2.93. The summed E-state index contributed by atoms with van der Waals surface area (Å²) >= 11 is 0. The average molecular weight is 545 g/mol. The maximum atomic E-state index is 4.61. The topological polar surface area (TPSA) is 75.0 Å². The molecular formula is C30H41N8P. The zero-order valence-corrected chi connectivity index (χ0v) is 25.1. The predicted octanol–water partition coefficient (Wildman–Crippen LogP) is 3.02. The van der Waals surface area contributed by atoms with Gasteiger partial charge < -0.3 is 14.8 Å². The summed E-state index contributed by atoms with van der Waals surface area (Å²) in [4.78, 5) is 23.3. The van der Waals surface area contributed by atoms with Crippen molar-refractivity contribution in [3.05, 3.63) is 58.4 Å². The number of nitrogens with zero attached hydrogens (tertiary/aromatic N) is 7. The Labute approximate surface area is 234 Å². The minimum atomic E-state index is 0.291. The molecule has 2 fully saturated rings. The van der Waals surface area contributed by atoms with Crippen molar-refractivity contribution in [2.45, 2.75) is 53.1 Å². The number of piperidine rings is 1. The van der Waals surface area contributed by atoms with Crippen LogP contribution in [0, 0.1) is 12.3 Å². The molecule has 2 aliphatic rings. The number of aromatic nitrogens is 5. The lowest BCUT2D eigenvalue weighted by molar-refractivity contribution is -0.0329. The minimum Gasteiger partial charge on any atom is -0.326 e. The van der Waals surface area contributed by atoms with Crippen LogP contribution in [-0.4, -0.2) is 67.5 Å². The predicted molar refractivity (Wildman–Crippen MR) is 164 cm³/mol. The van der Waals surface area contributed by atoms with Crippen LogP contribution in [0.2, 0.25) is 0 Å². The van der Waals surface area contributed by atoms with Crippen molar-refractivity contribution in [3.63, 3.8) is 0 Å². The second-order valence-electron chi connectivity index (χ2n) is 11.5. The molecule has 1 N–H and O–H groups in total. The van der Waals surface area contributed by atoms with Gasteiger partial charge in [0.1, 0.15) is 11.6 Å². The molecule has 8 nitrogen and oxygen atoms in total. The van der Waals surface area contributed by atoms with Gasteiger partial charge in [-0.1, -0.05) is 12.7 Å².